The van der Waals surface area contributed by atoms with E-state index in [1.807, 2.05) is 6.07 Å². The van der Waals surface area contributed by atoms with Gasteiger partial charge in [0.05, 0.1) is 22.4 Å². The number of nitrogens with two attached hydrogens (primary N) is 2. The maximum Gasteiger partial charge on any atom is 0.156 e. The highest BCUT2D eigenvalue weighted by Gasteiger charge is 2.25. The molecule has 1 heterocycles. The molecule has 5 nitrogen and oxygen atoms in total. The molecule has 0 radical (unpaired) electrons. The van der Waals surface area contributed by atoms with E-state index in [4.69, 9.17) is 11.5 Å². The first kappa shape index (κ1) is 16.7. The van der Waals surface area contributed by atoms with Crippen molar-refractivity contribution in [2.24, 2.45) is 16.5 Å². The Hall–Kier alpha value is -3.20. The van der Waals surface area contributed by atoms with Gasteiger partial charge in [0.15, 0.2) is 6.29 Å². The van der Waals surface area contributed by atoms with E-state index in [1.54, 1.807) is 12.3 Å². The molecule has 0 bridgehead atoms. The second kappa shape index (κ2) is 6.73. The molecule has 0 aliphatic heterocycles. The number of allylic oxidation sites excluding steroid dienone is 1. The van der Waals surface area contributed by atoms with Crippen LogP contribution in [0.2, 0.25) is 0 Å². The van der Waals surface area contributed by atoms with E-state index in [9.17, 15) is 9.18 Å². The maximum atomic E-state index is 14.4. The average molecular weight is 336 g/mol. The highest BCUT2D eigenvalue weighted by molar-refractivity contribution is 6.13. The third-order valence-corrected chi connectivity index (χ3v) is 4.14. The van der Waals surface area contributed by atoms with Crippen LogP contribution in [0.3, 0.4) is 0 Å². The van der Waals surface area contributed by atoms with Gasteiger partial charge in [-0.15, -0.1) is 0 Å². The highest BCUT2D eigenvalue weighted by atomic mass is 19.1. The van der Waals surface area contributed by atoms with Crippen LogP contribution in [0.5, 0.6) is 0 Å². The number of hydrogen-bond donors (Lipinski definition) is 2. The van der Waals surface area contributed by atoms with Gasteiger partial charge >= 0.3 is 0 Å². The number of rotatable bonds is 3. The van der Waals surface area contributed by atoms with Crippen molar-refractivity contribution in [3.05, 3.63) is 52.6 Å². The van der Waals surface area contributed by atoms with Crippen molar-refractivity contribution in [3.63, 3.8) is 0 Å². The van der Waals surface area contributed by atoms with E-state index in [0.29, 0.717) is 17.7 Å². The quantitative estimate of drug-likeness (QED) is 0.295. The molecule has 1 fully saturated rings. The Bertz CT molecular complexity index is 978. The van der Waals surface area contributed by atoms with Crippen LogP contribution in [-0.2, 0) is 4.79 Å². The van der Waals surface area contributed by atoms with Gasteiger partial charge in [0.25, 0.3) is 0 Å². The fourth-order valence-electron chi connectivity index (χ4n) is 2.62. The van der Waals surface area contributed by atoms with Crippen LogP contribution in [0.1, 0.15) is 29.9 Å². The zero-order valence-electron chi connectivity index (χ0n) is 13.7. The molecule has 0 saturated heterocycles. The normalized spacial score (nSPS) is 15.4. The molecule has 1 saturated carbocycles. The number of nitrogens with zero attached hydrogens (tertiary/aromatic N) is 2. The van der Waals surface area contributed by atoms with Crippen LogP contribution in [0.15, 0.2) is 40.7 Å². The number of benzene rings is 1. The monoisotopic (exact) mass is 336 g/mol. The minimum atomic E-state index is -0.451. The molecule has 1 aliphatic rings. The van der Waals surface area contributed by atoms with Crippen molar-refractivity contribution in [1.29, 1.82) is 0 Å². The SMILES string of the molecule is CN=C(N)/C(C=O)=C(\N)C#Cc1cc2nccc(C3CC3)c2cc1F. The van der Waals surface area contributed by atoms with Gasteiger partial charge in [-0.1, -0.05) is 5.92 Å². The number of hydrogen-bond acceptors (Lipinski definition) is 4. The minimum Gasteiger partial charge on any atom is -0.391 e. The molecule has 0 atom stereocenters. The van der Waals surface area contributed by atoms with Gasteiger partial charge < -0.3 is 11.5 Å². The van der Waals surface area contributed by atoms with Crippen LogP contribution in [-0.4, -0.2) is 24.2 Å². The molecule has 0 unspecified atom stereocenters. The number of pyridine rings is 1. The van der Waals surface area contributed by atoms with Crippen LogP contribution >= 0.6 is 0 Å². The number of aliphatic imine (C=N–C) groups is 1. The van der Waals surface area contributed by atoms with E-state index < -0.39 is 5.82 Å². The summed E-state index contributed by atoms with van der Waals surface area (Å²) in [7, 11) is 1.44. The molecule has 4 N–H and O–H groups in total. The molecular formula is C19H17FN4O. The Morgan fingerprint density at radius 2 is 2.16 bits per heavy atom. The Morgan fingerprint density at radius 3 is 2.80 bits per heavy atom. The molecule has 126 valence electrons. The summed E-state index contributed by atoms with van der Waals surface area (Å²) < 4.78 is 14.4. The van der Waals surface area contributed by atoms with Crippen molar-refractivity contribution >= 4 is 23.0 Å². The number of aldehydes is 1. The Kier molecular flexibility index (Phi) is 4.48. The summed E-state index contributed by atoms with van der Waals surface area (Å²) in [5.41, 5.74) is 13.2. The third-order valence-electron chi connectivity index (χ3n) is 4.14. The summed E-state index contributed by atoms with van der Waals surface area (Å²) in [6, 6.07) is 4.99. The van der Waals surface area contributed by atoms with Crippen LogP contribution in [0.4, 0.5) is 4.39 Å². The lowest BCUT2D eigenvalue weighted by atomic mass is 10.0. The predicted molar refractivity (Wildman–Crippen MR) is 95.4 cm³/mol. The molecule has 3 rings (SSSR count). The van der Waals surface area contributed by atoms with Crippen molar-refractivity contribution in [2.45, 2.75) is 18.8 Å². The fourth-order valence-corrected chi connectivity index (χ4v) is 2.62. The Morgan fingerprint density at radius 1 is 1.40 bits per heavy atom. The van der Waals surface area contributed by atoms with Gasteiger partial charge in [-0.05, 0) is 48.4 Å². The first-order valence-corrected chi connectivity index (χ1v) is 7.83. The smallest absolute Gasteiger partial charge is 0.156 e. The van der Waals surface area contributed by atoms with E-state index in [0.717, 1.165) is 23.8 Å². The van der Waals surface area contributed by atoms with Crippen molar-refractivity contribution < 1.29 is 9.18 Å². The summed E-state index contributed by atoms with van der Waals surface area (Å²) in [6.45, 7) is 0. The lowest BCUT2D eigenvalue weighted by Crippen LogP contribution is -2.19. The van der Waals surface area contributed by atoms with Crippen LogP contribution in [0, 0.1) is 17.7 Å². The molecule has 6 heteroatoms. The molecule has 25 heavy (non-hydrogen) atoms. The van der Waals surface area contributed by atoms with Gasteiger partial charge in [-0.25, -0.2) is 4.39 Å². The number of halogens is 1. The van der Waals surface area contributed by atoms with Crippen LogP contribution < -0.4 is 11.5 Å². The van der Waals surface area contributed by atoms with Crippen molar-refractivity contribution in [1.82, 2.24) is 4.98 Å². The second-order valence-corrected chi connectivity index (χ2v) is 5.83. The summed E-state index contributed by atoms with van der Waals surface area (Å²) in [4.78, 5) is 19.1. The number of carbonyl (C=O) groups excluding carboxylic acids is 1. The third kappa shape index (κ3) is 3.36. The number of aromatic nitrogens is 1. The maximum absolute atomic E-state index is 14.4. The average Bonchev–Trinajstić information content (AvgIpc) is 3.44. The Balaban J connectivity index is 2.05. The van der Waals surface area contributed by atoms with Gasteiger partial charge in [-0.2, -0.15) is 0 Å². The largest absolute Gasteiger partial charge is 0.391 e. The summed E-state index contributed by atoms with van der Waals surface area (Å²) in [5, 5.41) is 0.813. The number of carbonyl (C=O) groups is 1. The van der Waals surface area contributed by atoms with Crippen molar-refractivity contribution in [3.8, 4) is 11.8 Å². The number of amidine groups is 1. The van der Waals surface area contributed by atoms with E-state index in [1.165, 1.54) is 13.1 Å². The summed E-state index contributed by atoms with van der Waals surface area (Å²) in [6.07, 6.45) is 4.45. The van der Waals surface area contributed by atoms with E-state index in [2.05, 4.69) is 21.8 Å². The fraction of sp³-hybridized carbons (Fsp3) is 0.211. The standard InChI is InChI=1S/C19H17FN4O/c1-23-19(22)15(10-25)17(21)5-4-12-8-18-14(9-16(12)20)13(6-7-24-18)11-2-3-11/h6-11H,2-3,21H2,1H3,(H2,22,23)/b17-15-. The lowest BCUT2D eigenvalue weighted by molar-refractivity contribution is -0.104. The van der Waals surface area contributed by atoms with Gasteiger partial charge in [-0.3, -0.25) is 14.8 Å². The topological polar surface area (TPSA) is 94.4 Å². The predicted octanol–water partition coefficient (Wildman–Crippen LogP) is 2.00. The first-order valence-electron chi connectivity index (χ1n) is 7.83. The zero-order chi connectivity index (χ0) is 18.0. The Labute approximate surface area is 144 Å². The minimum absolute atomic E-state index is 0.00894. The molecule has 0 amide bonds. The first-order chi connectivity index (χ1) is 12.0. The summed E-state index contributed by atoms with van der Waals surface area (Å²) >= 11 is 0. The highest BCUT2D eigenvalue weighted by Crippen LogP contribution is 2.42. The van der Waals surface area contributed by atoms with Gasteiger partial charge in [0.2, 0.25) is 0 Å². The molecule has 2 aromatic rings. The molecular weight excluding hydrogens is 319 g/mol. The lowest BCUT2D eigenvalue weighted by Gasteiger charge is -2.06. The molecule has 1 aliphatic carbocycles. The van der Waals surface area contributed by atoms with Gasteiger partial charge in [0, 0.05) is 18.6 Å². The zero-order valence-corrected chi connectivity index (χ0v) is 13.7. The summed E-state index contributed by atoms with van der Waals surface area (Å²) in [5.74, 6) is 5.24. The van der Waals surface area contributed by atoms with E-state index >= 15 is 0 Å². The molecule has 1 aromatic carbocycles. The van der Waals surface area contributed by atoms with Crippen LogP contribution in [0.25, 0.3) is 10.9 Å². The molecule has 0 spiro atoms. The molecule has 1 aromatic heterocycles. The van der Waals surface area contributed by atoms with E-state index in [-0.39, 0.29) is 22.7 Å². The van der Waals surface area contributed by atoms with Gasteiger partial charge in [0.1, 0.15) is 11.7 Å². The van der Waals surface area contributed by atoms with Crippen molar-refractivity contribution in [2.75, 3.05) is 7.05 Å². The second-order valence-electron chi connectivity index (χ2n) is 5.83. The number of fused-ring (bicyclic) bond motifs is 1.